The first-order valence-corrected chi connectivity index (χ1v) is 6.36. The second-order valence-electron chi connectivity index (χ2n) is 4.36. The molecule has 1 heterocycles. The third-order valence-electron chi connectivity index (χ3n) is 2.95. The summed E-state index contributed by atoms with van der Waals surface area (Å²) in [5.41, 5.74) is 4.42. The summed E-state index contributed by atoms with van der Waals surface area (Å²) in [7, 11) is 0. The third kappa shape index (κ3) is 3.99. The lowest BCUT2D eigenvalue weighted by molar-refractivity contribution is 0.506. The summed E-state index contributed by atoms with van der Waals surface area (Å²) in [4.78, 5) is 3.96. The van der Waals surface area contributed by atoms with Gasteiger partial charge in [0.1, 0.15) is 5.82 Å². The first-order chi connectivity index (χ1) is 9.19. The maximum Gasteiger partial charge on any atom is 0.127 e. The molecular weight excluding hydrogens is 265 g/mol. The van der Waals surface area contributed by atoms with E-state index in [-0.39, 0.29) is 11.9 Å². The number of aromatic nitrogens is 1. The molecule has 3 N–H and O–H groups in total. The van der Waals surface area contributed by atoms with Crippen molar-refractivity contribution >= 4 is 11.6 Å². The summed E-state index contributed by atoms with van der Waals surface area (Å²) in [5.74, 6) is 5.23. The van der Waals surface area contributed by atoms with Gasteiger partial charge >= 0.3 is 0 Å². The van der Waals surface area contributed by atoms with E-state index in [0.717, 1.165) is 5.56 Å². The first kappa shape index (κ1) is 13.9. The zero-order valence-electron chi connectivity index (χ0n) is 10.3. The van der Waals surface area contributed by atoms with Crippen molar-refractivity contribution in [3.8, 4) is 0 Å². The predicted molar refractivity (Wildman–Crippen MR) is 74.2 cm³/mol. The largest absolute Gasteiger partial charge is 0.271 e. The van der Waals surface area contributed by atoms with Gasteiger partial charge in [0.2, 0.25) is 0 Å². The Bertz CT molecular complexity index is 533. The standard InChI is InChI=1S/C14H15ClFN3/c15-12-2-1-11(14(16)9-12)8-13(19-17)7-10-3-5-18-6-4-10/h1-6,9,13,19H,7-8,17H2. The SMILES string of the molecule is NNC(Cc1ccncc1)Cc1ccc(Cl)cc1F. The fourth-order valence-electron chi connectivity index (χ4n) is 1.95. The maximum atomic E-state index is 13.7. The minimum atomic E-state index is -0.303. The van der Waals surface area contributed by atoms with Crippen LogP contribution in [-0.2, 0) is 12.8 Å². The Labute approximate surface area is 116 Å². The molecule has 0 aliphatic carbocycles. The molecule has 0 aliphatic rings. The zero-order chi connectivity index (χ0) is 13.7. The van der Waals surface area contributed by atoms with Crippen LogP contribution in [0.2, 0.25) is 5.02 Å². The Balaban J connectivity index is 2.06. The van der Waals surface area contributed by atoms with Gasteiger partial charge in [-0.05, 0) is 48.2 Å². The normalized spacial score (nSPS) is 12.4. The predicted octanol–water partition coefficient (Wildman–Crippen LogP) is 2.49. The van der Waals surface area contributed by atoms with Gasteiger partial charge in [-0.3, -0.25) is 16.3 Å². The molecule has 0 fully saturated rings. The average molecular weight is 280 g/mol. The number of rotatable bonds is 5. The van der Waals surface area contributed by atoms with E-state index in [1.165, 1.54) is 6.07 Å². The van der Waals surface area contributed by atoms with Crippen LogP contribution in [0.3, 0.4) is 0 Å². The molecule has 0 saturated heterocycles. The van der Waals surface area contributed by atoms with Gasteiger partial charge in [0.15, 0.2) is 0 Å². The number of hydrogen-bond donors (Lipinski definition) is 2. The number of hydrogen-bond acceptors (Lipinski definition) is 3. The van der Waals surface area contributed by atoms with E-state index in [9.17, 15) is 4.39 Å². The molecule has 0 saturated carbocycles. The summed E-state index contributed by atoms with van der Waals surface area (Å²) >= 11 is 5.73. The van der Waals surface area contributed by atoms with Crippen molar-refractivity contribution in [2.75, 3.05) is 0 Å². The van der Waals surface area contributed by atoms with E-state index in [1.807, 2.05) is 12.1 Å². The molecule has 3 nitrogen and oxygen atoms in total. The Morgan fingerprint density at radius 1 is 1.21 bits per heavy atom. The summed E-state index contributed by atoms with van der Waals surface area (Å²) in [6.45, 7) is 0. The van der Waals surface area contributed by atoms with Crippen LogP contribution in [0.4, 0.5) is 4.39 Å². The van der Waals surface area contributed by atoms with Crippen molar-refractivity contribution in [2.45, 2.75) is 18.9 Å². The molecule has 0 spiro atoms. The molecule has 0 aliphatic heterocycles. The van der Waals surface area contributed by atoms with Crippen molar-refractivity contribution in [1.82, 2.24) is 10.4 Å². The Morgan fingerprint density at radius 3 is 2.58 bits per heavy atom. The van der Waals surface area contributed by atoms with Crippen molar-refractivity contribution in [3.05, 3.63) is 64.7 Å². The van der Waals surface area contributed by atoms with Crippen LogP contribution in [0.15, 0.2) is 42.7 Å². The molecule has 2 aromatic rings. The molecule has 1 aromatic heterocycles. The summed E-state index contributed by atoms with van der Waals surface area (Å²) < 4.78 is 13.7. The van der Waals surface area contributed by atoms with Gasteiger partial charge in [-0.1, -0.05) is 17.7 Å². The van der Waals surface area contributed by atoms with Crippen molar-refractivity contribution in [2.24, 2.45) is 5.84 Å². The fourth-order valence-corrected chi connectivity index (χ4v) is 2.10. The summed E-state index contributed by atoms with van der Waals surface area (Å²) in [6, 6.07) is 8.48. The van der Waals surface area contributed by atoms with Crippen LogP contribution < -0.4 is 11.3 Å². The third-order valence-corrected chi connectivity index (χ3v) is 3.18. The Kier molecular flexibility index (Phi) is 4.85. The molecule has 1 aromatic carbocycles. The van der Waals surface area contributed by atoms with Crippen molar-refractivity contribution < 1.29 is 4.39 Å². The molecule has 0 amide bonds. The summed E-state index contributed by atoms with van der Waals surface area (Å²) in [5, 5.41) is 0.396. The highest BCUT2D eigenvalue weighted by molar-refractivity contribution is 6.30. The van der Waals surface area contributed by atoms with Gasteiger partial charge < -0.3 is 0 Å². The van der Waals surface area contributed by atoms with Crippen LogP contribution in [0, 0.1) is 5.82 Å². The minimum absolute atomic E-state index is 0.0434. The number of benzene rings is 1. The van der Waals surface area contributed by atoms with Crippen LogP contribution >= 0.6 is 11.6 Å². The highest BCUT2D eigenvalue weighted by Gasteiger charge is 2.12. The first-order valence-electron chi connectivity index (χ1n) is 5.98. The summed E-state index contributed by atoms with van der Waals surface area (Å²) in [6.07, 6.45) is 4.67. The van der Waals surface area contributed by atoms with Crippen molar-refractivity contribution in [3.63, 3.8) is 0 Å². The van der Waals surface area contributed by atoms with Gasteiger partial charge in [0.25, 0.3) is 0 Å². The molecule has 0 bridgehead atoms. The van der Waals surface area contributed by atoms with Crippen LogP contribution in [0.25, 0.3) is 0 Å². The van der Waals surface area contributed by atoms with E-state index in [1.54, 1.807) is 24.5 Å². The Morgan fingerprint density at radius 2 is 1.95 bits per heavy atom. The number of pyridine rings is 1. The van der Waals surface area contributed by atoms with Gasteiger partial charge in [-0.2, -0.15) is 0 Å². The highest BCUT2D eigenvalue weighted by atomic mass is 35.5. The number of hydrazine groups is 1. The minimum Gasteiger partial charge on any atom is -0.271 e. The highest BCUT2D eigenvalue weighted by Crippen LogP contribution is 2.17. The lowest BCUT2D eigenvalue weighted by atomic mass is 10.00. The maximum absolute atomic E-state index is 13.7. The van der Waals surface area contributed by atoms with Gasteiger partial charge in [-0.15, -0.1) is 0 Å². The second-order valence-corrected chi connectivity index (χ2v) is 4.80. The van der Waals surface area contributed by atoms with Crippen molar-refractivity contribution in [1.29, 1.82) is 0 Å². The quantitative estimate of drug-likeness (QED) is 0.653. The van der Waals surface area contributed by atoms with E-state index in [4.69, 9.17) is 17.4 Å². The van der Waals surface area contributed by atoms with E-state index in [0.29, 0.717) is 23.4 Å². The number of nitrogens with two attached hydrogens (primary N) is 1. The number of nitrogens with one attached hydrogen (secondary N) is 1. The van der Waals surface area contributed by atoms with Gasteiger partial charge in [-0.25, -0.2) is 4.39 Å². The monoisotopic (exact) mass is 279 g/mol. The lowest BCUT2D eigenvalue weighted by Crippen LogP contribution is -2.38. The fraction of sp³-hybridized carbons (Fsp3) is 0.214. The smallest absolute Gasteiger partial charge is 0.127 e. The van der Waals surface area contributed by atoms with E-state index >= 15 is 0 Å². The lowest BCUT2D eigenvalue weighted by Gasteiger charge is -2.16. The zero-order valence-corrected chi connectivity index (χ0v) is 11.1. The molecule has 1 unspecified atom stereocenters. The number of nitrogens with zero attached hydrogens (tertiary/aromatic N) is 1. The number of halogens is 2. The molecular formula is C14H15ClFN3. The molecule has 1 atom stereocenters. The topological polar surface area (TPSA) is 50.9 Å². The molecule has 19 heavy (non-hydrogen) atoms. The molecule has 0 radical (unpaired) electrons. The van der Waals surface area contributed by atoms with Crippen LogP contribution in [0.1, 0.15) is 11.1 Å². The molecule has 100 valence electrons. The average Bonchev–Trinajstić information content (AvgIpc) is 2.42. The van der Waals surface area contributed by atoms with E-state index < -0.39 is 0 Å². The molecule has 5 heteroatoms. The van der Waals surface area contributed by atoms with Gasteiger partial charge in [0, 0.05) is 23.5 Å². The van der Waals surface area contributed by atoms with Crippen LogP contribution in [0.5, 0.6) is 0 Å². The van der Waals surface area contributed by atoms with E-state index in [2.05, 4.69) is 10.4 Å². The van der Waals surface area contributed by atoms with Crippen LogP contribution in [-0.4, -0.2) is 11.0 Å². The molecule has 2 rings (SSSR count). The van der Waals surface area contributed by atoms with Gasteiger partial charge in [0.05, 0.1) is 0 Å². The Hall–Kier alpha value is -1.49. The second kappa shape index (κ2) is 6.61.